The Bertz CT molecular complexity index is 624. The van der Waals surface area contributed by atoms with Crippen molar-refractivity contribution < 1.29 is 4.92 Å². The average molecular weight is 255 g/mol. The van der Waals surface area contributed by atoms with Gasteiger partial charge in [-0.3, -0.25) is 15.1 Å². The van der Waals surface area contributed by atoms with Crippen LogP contribution in [0.5, 0.6) is 0 Å². The normalized spacial score (nSPS) is 10.6. The van der Waals surface area contributed by atoms with Gasteiger partial charge in [0.05, 0.1) is 16.3 Å². The molecular weight excluding hydrogens is 242 g/mol. The maximum absolute atomic E-state index is 10.7. The zero-order chi connectivity index (χ0) is 13.7. The summed E-state index contributed by atoms with van der Waals surface area (Å²) in [5.41, 5.74) is 2.45. The molecule has 2 rings (SSSR count). The molecule has 1 N–H and O–H groups in total. The fraction of sp³-hybridized carbons (Fsp3) is 0.0714. The lowest BCUT2D eigenvalue weighted by atomic mass is 10.2. The van der Waals surface area contributed by atoms with Crippen LogP contribution in [-0.2, 0) is 0 Å². The minimum Gasteiger partial charge on any atom is -0.386 e. The van der Waals surface area contributed by atoms with Crippen LogP contribution in [-0.4, -0.2) is 18.2 Å². The number of benzene rings is 2. The van der Waals surface area contributed by atoms with Crippen molar-refractivity contribution in [3.05, 3.63) is 64.2 Å². The molecule has 0 saturated heterocycles. The Morgan fingerprint density at radius 3 is 2.74 bits per heavy atom. The first kappa shape index (κ1) is 12.8. The van der Waals surface area contributed by atoms with Crippen LogP contribution < -0.4 is 5.32 Å². The van der Waals surface area contributed by atoms with Gasteiger partial charge in [0.25, 0.3) is 5.69 Å². The van der Waals surface area contributed by atoms with Crippen molar-refractivity contribution in [2.24, 2.45) is 4.99 Å². The monoisotopic (exact) mass is 255 g/mol. The average Bonchev–Trinajstić information content (AvgIpc) is 2.45. The second-order valence-electron chi connectivity index (χ2n) is 3.88. The van der Waals surface area contributed by atoms with Gasteiger partial charge in [-0.05, 0) is 17.7 Å². The molecule has 0 aliphatic carbocycles. The molecule has 0 bridgehead atoms. The molecule has 2 aromatic rings. The molecule has 0 radical (unpaired) electrons. The number of nitrogens with zero attached hydrogens (tertiary/aromatic N) is 2. The predicted molar refractivity (Wildman–Crippen MR) is 76.3 cm³/mol. The van der Waals surface area contributed by atoms with Crippen molar-refractivity contribution in [2.75, 3.05) is 12.4 Å². The van der Waals surface area contributed by atoms with E-state index in [1.54, 1.807) is 18.3 Å². The second kappa shape index (κ2) is 5.77. The maximum atomic E-state index is 10.7. The Balaban J connectivity index is 2.27. The Morgan fingerprint density at radius 2 is 2.00 bits per heavy atom. The third-order valence-corrected chi connectivity index (χ3v) is 2.61. The minimum absolute atomic E-state index is 0.0610. The van der Waals surface area contributed by atoms with Gasteiger partial charge in [-0.15, -0.1) is 0 Å². The summed E-state index contributed by atoms with van der Waals surface area (Å²) in [5, 5.41) is 13.7. The van der Waals surface area contributed by atoms with Gasteiger partial charge in [0.1, 0.15) is 0 Å². The number of nitro benzene ring substituents is 1. The summed E-state index contributed by atoms with van der Waals surface area (Å²) in [4.78, 5) is 14.6. The highest BCUT2D eigenvalue weighted by atomic mass is 16.6. The van der Waals surface area contributed by atoms with Gasteiger partial charge in [-0.1, -0.05) is 24.3 Å². The number of nitrogens with one attached hydrogen (secondary N) is 1. The lowest BCUT2D eigenvalue weighted by molar-refractivity contribution is -0.384. The van der Waals surface area contributed by atoms with Gasteiger partial charge in [0.15, 0.2) is 0 Å². The molecule has 0 amide bonds. The number of hydrogen-bond donors (Lipinski definition) is 1. The first-order chi connectivity index (χ1) is 9.20. The van der Waals surface area contributed by atoms with E-state index in [-0.39, 0.29) is 5.69 Å². The van der Waals surface area contributed by atoms with Crippen LogP contribution in [0.4, 0.5) is 17.1 Å². The van der Waals surface area contributed by atoms with E-state index in [1.165, 1.54) is 12.1 Å². The van der Waals surface area contributed by atoms with Crippen molar-refractivity contribution in [3.8, 4) is 0 Å². The fourth-order valence-electron chi connectivity index (χ4n) is 1.66. The lowest BCUT2D eigenvalue weighted by Gasteiger charge is -2.03. The molecule has 0 spiro atoms. The van der Waals surface area contributed by atoms with Gasteiger partial charge in [0.2, 0.25) is 0 Å². The summed E-state index contributed by atoms with van der Waals surface area (Å²) in [7, 11) is 1.82. The quantitative estimate of drug-likeness (QED) is 0.517. The van der Waals surface area contributed by atoms with Crippen molar-refractivity contribution in [1.29, 1.82) is 0 Å². The van der Waals surface area contributed by atoms with Crippen LogP contribution in [0.1, 0.15) is 5.56 Å². The third kappa shape index (κ3) is 3.16. The molecule has 0 atom stereocenters. The topological polar surface area (TPSA) is 67.5 Å². The van der Waals surface area contributed by atoms with E-state index in [0.717, 1.165) is 11.4 Å². The SMILES string of the molecule is CNc1ccccc1N=Cc1cccc([N+](=O)[O-])c1. The molecule has 0 aliphatic rings. The molecule has 96 valence electrons. The molecule has 0 aromatic heterocycles. The van der Waals surface area contributed by atoms with Crippen molar-refractivity contribution in [3.63, 3.8) is 0 Å². The van der Waals surface area contributed by atoms with Gasteiger partial charge in [-0.2, -0.15) is 0 Å². The van der Waals surface area contributed by atoms with Crippen LogP contribution >= 0.6 is 0 Å². The van der Waals surface area contributed by atoms with Crippen LogP contribution in [0, 0.1) is 10.1 Å². The van der Waals surface area contributed by atoms with Gasteiger partial charge in [-0.25, -0.2) is 0 Å². The summed E-state index contributed by atoms with van der Waals surface area (Å²) in [6.07, 6.45) is 1.61. The van der Waals surface area contributed by atoms with E-state index in [2.05, 4.69) is 10.3 Å². The van der Waals surface area contributed by atoms with Gasteiger partial charge < -0.3 is 5.32 Å². The molecule has 0 unspecified atom stereocenters. The molecule has 0 fully saturated rings. The number of nitro groups is 1. The molecule has 5 heteroatoms. The van der Waals surface area contributed by atoms with Gasteiger partial charge >= 0.3 is 0 Å². The fourth-order valence-corrected chi connectivity index (χ4v) is 1.66. The summed E-state index contributed by atoms with van der Waals surface area (Å²) in [6, 6.07) is 14.0. The first-order valence-electron chi connectivity index (χ1n) is 5.76. The molecule has 2 aromatic carbocycles. The van der Waals surface area contributed by atoms with Crippen LogP contribution in [0.2, 0.25) is 0 Å². The maximum Gasteiger partial charge on any atom is 0.270 e. The Kier molecular flexibility index (Phi) is 3.87. The second-order valence-corrected chi connectivity index (χ2v) is 3.88. The zero-order valence-corrected chi connectivity index (χ0v) is 10.4. The number of para-hydroxylation sites is 2. The van der Waals surface area contributed by atoms with Crippen molar-refractivity contribution in [1.82, 2.24) is 0 Å². The summed E-state index contributed by atoms with van der Waals surface area (Å²) in [6.45, 7) is 0. The van der Waals surface area contributed by atoms with E-state index in [1.807, 2.05) is 31.3 Å². The van der Waals surface area contributed by atoms with Crippen LogP contribution in [0.25, 0.3) is 0 Å². The van der Waals surface area contributed by atoms with Gasteiger partial charge in [0, 0.05) is 25.4 Å². The molecular formula is C14H13N3O2. The standard InChI is InChI=1S/C14H13N3O2/c1-15-13-7-2-3-8-14(13)16-10-11-5-4-6-12(9-11)17(18)19/h2-10,15H,1H3. The Hall–Kier alpha value is -2.69. The minimum atomic E-state index is -0.418. The predicted octanol–water partition coefficient (Wildman–Crippen LogP) is 3.39. The molecule has 5 nitrogen and oxygen atoms in total. The summed E-state index contributed by atoms with van der Waals surface area (Å²) >= 11 is 0. The largest absolute Gasteiger partial charge is 0.386 e. The summed E-state index contributed by atoms with van der Waals surface area (Å²) in [5.74, 6) is 0. The van der Waals surface area contributed by atoms with E-state index < -0.39 is 4.92 Å². The smallest absolute Gasteiger partial charge is 0.270 e. The number of anilines is 1. The van der Waals surface area contributed by atoms with Crippen LogP contribution in [0.15, 0.2) is 53.5 Å². The number of aliphatic imine (C=N–C) groups is 1. The third-order valence-electron chi connectivity index (χ3n) is 2.61. The summed E-state index contributed by atoms with van der Waals surface area (Å²) < 4.78 is 0. The first-order valence-corrected chi connectivity index (χ1v) is 5.76. The molecule has 0 saturated carbocycles. The van der Waals surface area contributed by atoms with E-state index >= 15 is 0 Å². The molecule has 19 heavy (non-hydrogen) atoms. The molecule has 0 aliphatic heterocycles. The highest BCUT2D eigenvalue weighted by Crippen LogP contribution is 2.23. The zero-order valence-electron chi connectivity index (χ0n) is 10.4. The van der Waals surface area contributed by atoms with Crippen molar-refractivity contribution in [2.45, 2.75) is 0 Å². The van der Waals surface area contributed by atoms with E-state index in [9.17, 15) is 10.1 Å². The number of rotatable bonds is 4. The van der Waals surface area contributed by atoms with E-state index in [4.69, 9.17) is 0 Å². The van der Waals surface area contributed by atoms with Crippen LogP contribution in [0.3, 0.4) is 0 Å². The van der Waals surface area contributed by atoms with Crippen molar-refractivity contribution >= 4 is 23.3 Å². The number of non-ortho nitro benzene ring substituents is 1. The lowest BCUT2D eigenvalue weighted by Crippen LogP contribution is -1.90. The Labute approximate surface area is 110 Å². The van der Waals surface area contributed by atoms with E-state index in [0.29, 0.717) is 5.56 Å². The molecule has 0 heterocycles. The highest BCUT2D eigenvalue weighted by Gasteiger charge is 2.04. The highest BCUT2D eigenvalue weighted by molar-refractivity contribution is 5.84. The Morgan fingerprint density at radius 1 is 1.21 bits per heavy atom. The number of hydrogen-bond acceptors (Lipinski definition) is 4.